The van der Waals surface area contributed by atoms with Gasteiger partial charge in [0.25, 0.3) is 0 Å². The van der Waals surface area contributed by atoms with E-state index < -0.39 is 29.2 Å². The third kappa shape index (κ3) is 3.48. The van der Waals surface area contributed by atoms with Crippen molar-refractivity contribution in [2.75, 3.05) is 6.54 Å². The van der Waals surface area contributed by atoms with Crippen molar-refractivity contribution in [2.24, 2.45) is 0 Å². The highest BCUT2D eigenvalue weighted by Crippen LogP contribution is 2.42. The molecule has 7 heteroatoms. The molecule has 0 unspecified atom stereocenters. The molecule has 3 N–H and O–H groups in total. The lowest BCUT2D eigenvalue weighted by Crippen LogP contribution is -2.54. The van der Waals surface area contributed by atoms with Crippen LogP contribution in [0.4, 0.5) is 13.6 Å². The van der Waals surface area contributed by atoms with Crippen molar-refractivity contribution in [2.45, 2.75) is 31.2 Å². The van der Waals surface area contributed by atoms with E-state index in [0.29, 0.717) is 12.8 Å². The molecule has 0 saturated heterocycles. The summed E-state index contributed by atoms with van der Waals surface area (Å²) in [5.41, 5.74) is -0.589. The third-order valence-electron chi connectivity index (χ3n) is 3.63. The number of hydrogen-bond donors (Lipinski definition) is 3. The second-order valence-corrected chi connectivity index (χ2v) is 5.08. The van der Waals surface area contributed by atoms with Gasteiger partial charge < -0.3 is 15.7 Å². The van der Waals surface area contributed by atoms with Crippen LogP contribution in [-0.2, 0) is 10.3 Å². The molecule has 114 valence electrons. The van der Waals surface area contributed by atoms with Gasteiger partial charge in [0.05, 0.1) is 12.0 Å². The molecular formula is C14H16F2N2O3. The van der Waals surface area contributed by atoms with Gasteiger partial charge in [-0.2, -0.15) is 0 Å². The summed E-state index contributed by atoms with van der Waals surface area (Å²) in [5.74, 6) is -2.38. The molecule has 1 aromatic rings. The molecule has 5 nitrogen and oxygen atoms in total. The van der Waals surface area contributed by atoms with E-state index in [1.807, 2.05) is 0 Å². The molecule has 0 aromatic heterocycles. The maximum atomic E-state index is 13.9. The lowest BCUT2D eigenvalue weighted by molar-refractivity contribution is -0.136. The first-order valence-corrected chi connectivity index (χ1v) is 6.66. The highest BCUT2D eigenvalue weighted by molar-refractivity contribution is 5.76. The number of carbonyl (C=O) groups is 2. The van der Waals surface area contributed by atoms with Gasteiger partial charge in [-0.3, -0.25) is 4.79 Å². The molecule has 1 saturated carbocycles. The van der Waals surface area contributed by atoms with Crippen molar-refractivity contribution in [3.05, 3.63) is 35.4 Å². The number of hydrogen-bond acceptors (Lipinski definition) is 2. The summed E-state index contributed by atoms with van der Waals surface area (Å²) in [4.78, 5) is 22.1. The van der Waals surface area contributed by atoms with Gasteiger partial charge in [0, 0.05) is 18.2 Å². The monoisotopic (exact) mass is 298 g/mol. The van der Waals surface area contributed by atoms with E-state index in [2.05, 4.69) is 10.6 Å². The van der Waals surface area contributed by atoms with Gasteiger partial charge in [0.15, 0.2) is 0 Å². The molecular weight excluding hydrogens is 282 g/mol. The van der Waals surface area contributed by atoms with E-state index in [1.165, 1.54) is 6.07 Å². The van der Waals surface area contributed by atoms with Crippen LogP contribution in [0.25, 0.3) is 0 Å². The average Bonchev–Trinajstić information content (AvgIpc) is 2.34. The zero-order valence-electron chi connectivity index (χ0n) is 11.3. The van der Waals surface area contributed by atoms with Gasteiger partial charge in [-0.25, -0.2) is 13.6 Å². The predicted octanol–water partition coefficient (Wildman–Crippen LogP) is 2.12. The van der Waals surface area contributed by atoms with Crippen LogP contribution in [-0.4, -0.2) is 23.7 Å². The van der Waals surface area contributed by atoms with Crippen LogP contribution in [0.1, 0.15) is 31.2 Å². The smallest absolute Gasteiger partial charge is 0.315 e. The molecule has 0 aliphatic heterocycles. The molecule has 21 heavy (non-hydrogen) atoms. The summed E-state index contributed by atoms with van der Waals surface area (Å²) >= 11 is 0. The summed E-state index contributed by atoms with van der Waals surface area (Å²) in [6, 6.07) is 2.73. The van der Waals surface area contributed by atoms with E-state index in [4.69, 9.17) is 5.11 Å². The Morgan fingerprint density at radius 1 is 1.29 bits per heavy atom. The topological polar surface area (TPSA) is 78.4 Å². The fourth-order valence-corrected chi connectivity index (χ4v) is 2.41. The number of aliphatic carboxylic acids is 1. The summed E-state index contributed by atoms with van der Waals surface area (Å²) < 4.78 is 26.9. The normalized spacial score (nSPS) is 15.9. The summed E-state index contributed by atoms with van der Waals surface area (Å²) in [6.45, 7) is -0.0108. The zero-order valence-corrected chi connectivity index (χ0v) is 11.3. The van der Waals surface area contributed by atoms with Crippen LogP contribution >= 0.6 is 0 Å². The number of carbonyl (C=O) groups excluding carboxylic acids is 1. The van der Waals surface area contributed by atoms with E-state index in [-0.39, 0.29) is 18.5 Å². The first-order valence-electron chi connectivity index (χ1n) is 6.66. The molecule has 0 spiro atoms. The van der Waals surface area contributed by atoms with Gasteiger partial charge >= 0.3 is 12.0 Å². The Morgan fingerprint density at radius 3 is 2.52 bits per heavy atom. The van der Waals surface area contributed by atoms with E-state index in [9.17, 15) is 18.4 Å². The second-order valence-electron chi connectivity index (χ2n) is 5.08. The standard InChI is InChI=1S/C14H16F2N2O3/c15-9-2-3-10(11(16)8-9)14(5-1-6-14)18-13(21)17-7-4-12(19)20/h2-3,8H,1,4-7H2,(H,19,20)(H2,17,18,21). The molecule has 1 aliphatic rings. The summed E-state index contributed by atoms with van der Waals surface area (Å²) in [7, 11) is 0. The van der Waals surface area contributed by atoms with E-state index >= 15 is 0 Å². The maximum Gasteiger partial charge on any atom is 0.315 e. The first kappa shape index (κ1) is 15.2. The van der Waals surface area contributed by atoms with Gasteiger partial charge in [0.1, 0.15) is 11.6 Å². The van der Waals surface area contributed by atoms with Crippen molar-refractivity contribution in [1.29, 1.82) is 0 Å². The fourth-order valence-electron chi connectivity index (χ4n) is 2.41. The van der Waals surface area contributed by atoms with Crippen molar-refractivity contribution in [3.8, 4) is 0 Å². The first-order chi connectivity index (χ1) is 9.93. The zero-order chi connectivity index (χ0) is 15.5. The van der Waals surface area contributed by atoms with E-state index in [0.717, 1.165) is 18.6 Å². The molecule has 0 heterocycles. The number of rotatable bonds is 5. The Balaban J connectivity index is 2.04. The maximum absolute atomic E-state index is 13.9. The Bertz CT molecular complexity index is 559. The number of carboxylic acids is 1. The fraction of sp³-hybridized carbons (Fsp3) is 0.429. The number of amides is 2. The van der Waals surface area contributed by atoms with Crippen LogP contribution in [0.2, 0.25) is 0 Å². The van der Waals surface area contributed by atoms with Crippen molar-refractivity contribution >= 4 is 12.0 Å². The van der Waals surface area contributed by atoms with Crippen LogP contribution < -0.4 is 10.6 Å². The average molecular weight is 298 g/mol. The molecule has 0 atom stereocenters. The molecule has 2 rings (SSSR count). The Hall–Kier alpha value is -2.18. The van der Waals surface area contributed by atoms with Gasteiger partial charge in [0.2, 0.25) is 0 Å². The Kier molecular flexibility index (Phi) is 4.40. The van der Waals surface area contributed by atoms with Gasteiger partial charge in [-0.1, -0.05) is 6.07 Å². The van der Waals surface area contributed by atoms with Crippen molar-refractivity contribution in [3.63, 3.8) is 0 Å². The van der Waals surface area contributed by atoms with E-state index in [1.54, 1.807) is 0 Å². The Labute approximate surface area is 120 Å². The van der Waals surface area contributed by atoms with Crippen LogP contribution in [0.15, 0.2) is 18.2 Å². The van der Waals surface area contributed by atoms with Crippen LogP contribution in [0.3, 0.4) is 0 Å². The lowest BCUT2D eigenvalue weighted by atomic mass is 9.71. The number of carboxylic acid groups (broad SMARTS) is 1. The van der Waals surface area contributed by atoms with Crippen molar-refractivity contribution < 1.29 is 23.5 Å². The molecule has 2 amide bonds. The SMILES string of the molecule is O=C(O)CCNC(=O)NC1(c2ccc(F)cc2F)CCC1. The number of urea groups is 1. The quantitative estimate of drug-likeness (QED) is 0.779. The molecule has 1 aliphatic carbocycles. The largest absolute Gasteiger partial charge is 0.481 e. The minimum atomic E-state index is -1.02. The number of nitrogens with one attached hydrogen (secondary N) is 2. The minimum Gasteiger partial charge on any atom is -0.481 e. The molecule has 1 fully saturated rings. The number of halogens is 2. The van der Waals surface area contributed by atoms with Crippen molar-refractivity contribution in [1.82, 2.24) is 10.6 Å². The predicted molar refractivity (Wildman–Crippen MR) is 70.7 cm³/mol. The highest BCUT2D eigenvalue weighted by Gasteiger charge is 2.42. The van der Waals surface area contributed by atoms with Crippen LogP contribution in [0, 0.1) is 11.6 Å². The summed E-state index contributed by atoms with van der Waals surface area (Å²) in [6.07, 6.45) is 1.75. The number of benzene rings is 1. The third-order valence-corrected chi connectivity index (χ3v) is 3.63. The van der Waals surface area contributed by atoms with Gasteiger partial charge in [-0.15, -0.1) is 0 Å². The highest BCUT2D eigenvalue weighted by atomic mass is 19.1. The van der Waals surface area contributed by atoms with Gasteiger partial charge in [-0.05, 0) is 25.3 Å². The Morgan fingerprint density at radius 2 is 2.00 bits per heavy atom. The van der Waals surface area contributed by atoms with Crippen LogP contribution in [0.5, 0.6) is 0 Å². The minimum absolute atomic E-state index is 0.0108. The second kappa shape index (κ2) is 6.07. The molecule has 0 radical (unpaired) electrons. The molecule has 1 aromatic carbocycles. The molecule has 0 bridgehead atoms. The lowest BCUT2D eigenvalue weighted by Gasteiger charge is -2.43. The summed E-state index contributed by atoms with van der Waals surface area (Å²) in [5, 5.41) is 13.6.